The standard InChI is InChI=1S/C10H21NO3/c1-7(2)9(6-14-4)11-5-8(3)10(12)13/h7-9,11H,5-6H2,1-4H3,(H,12,13). The first-order chi connectivity index (χ1) is 6.49. The zero-order valence-electron chi connectivity index (χ0n) is 9.41. The average molecular weight is 203 g/mol. The van der Waals surface area contributed by atoms with Gasteiger partial charge >= 0.3 is 5.97 Å². The Morgan fingerprint density at radius 3 is 2.36 bits per heavy atom. The minimum absolute atomic E-state index is 0.224. The van der Waals surface area contributed by atoms with E-state index in [1.54, 1.807) is 14.0 Å². The minimum atomic E-state index is -0.766. The van der Waals surface area contributed by atoms with Crippen LogP contribution in [0.25, 0.3) is 0 Å². The number of hydrogen-bond donors (Lipinski definition) is 2. The molecule has 0 heterocycles. The van der Waals surface area contributed by atoms with Gasteiger partial charge in [0.1, 0.15) is 0 Å². The van der Waals surface area contributed by atoms with E-state index in [4.69, 9.17) is 9.84 Å². The Balaban J connectivity index is 3.87. The largest absolute Gasteiger partial charge is 0.481 e. The number of carboxylic acids is 1. The smallest absolute Gasteiger partial charge is 0.307 e. The van der Waals surface area contributed by atoms with Gasteiger partial charge in [0, 0.05) is 19.7 Å². The van der Waals surface area contributed by atoms with Gasteiger partial charge < -0.3 is 15.2 Å². The molecule has 0 aliphatic rings. The second kappa shape index (κ2) is 6.79. The summed E-state index contributed by atoms with van der Waals surface area (Å²) in [5.41, 5.74) is 0. The van der Waals surface area contributed by atoms with Crippen LogP contribution in [0.5, 0.6) is 0 Å². The Kier molecular flexibility index (Phi) is 6.49. The van der Waals surface area contributed by atoms with E-state index in [-0.39, 0.29) is 12.0 Å². The maximum atomic E-state index is 10.6. The molecule has 0 saturated carbocycles. The molecule has 2 atom stereocenters. The second-order valence-corrected chi connectivity index (χ2v) is 3.95. The first-order valence-electron chi connectivity index (χ1n) is 4.94. The Morgan fingerprint density at radius 1 is 1.43 bits per heavy atom. The van der Waals surface area contributed by atoms with Crippen LogP contribution >= 0.6 is 0 Å². The van der Waals surface area contributed by atoms with Gasteiger partial charge in [0.2, 0.25) is 0 Å². The van der Waals surface area contributed by atoms with Crippen LogP contribution in [0.1, 0.15) is 20.8 Å². The van der Waals surface area contributed by atoms with Crippen molar-refractivity contribution >= 4 is 5.97 Å². The molecule has 84 valence electrons. The summed E-state index contributed by atoms with van der Waals surface area (Å²) in [6.45, 7) is 6.97. The Hall–Kier alpha value is -0.610. The molecule has 4 heteroatoms. The fourth-order valence-corrected chi connectivity index (χ4v) is 1.08. The van der Waals surface area contributed by atoms with Crippen LogP contribution < -0.4 is 5.32 Å². The van der Waals surface area contributed by atoms with Gasteiger partial charge in [-0.25, -0.2) is 0 Å². The summed E-state index contributed by atoms with van der Waals surface area (Å²) in [5.74, 6) is -0.679. The van der Waals surface area contributed by atoms with E-state index in [0.717, 1.165) is 0 Å². The lowest BCUT2D eigenvalue weighted by molar-refractivity contribution is -0.141. The van der Waals surface area contributed by atoms with Crippen molar-refractivity contribution in [1.82, 2.24) is 5.32 Å². The van der Waals surface area contributed by atoms with E-state index in [1.165, 1.54) is 0 Å². The number of hydrogen-bond acceptors (Lipinski definition) is 3. The third-order valence-corrected chi connectivity index (χ3v) is 2.26. The minimum Gasteiger partial charge on any atom is -0.481 e. The maximum Gasteiger partial charge on any atom is 0.307 e. The Labute approximate surface area is 85.6 Å². The number of rotatable bonds is 7. The predicted octanol–water partition coefficient (Wildman–Crippen LogP) is 0.968. The molecule has 2 unspecified atom stereocenters. The third kappa shape index (κ3) is 5.19. The molecule has 0 aliphatic heterocycles. The lowest BCUT2D eigenvalue weighted by Gasteiger charge is -2.22. The molecule has 0 saturated heterocycles. The maximum absolute atomic E-state index is 10.6. The number of ether oxygens (including phenoxy) is 1. The van der Waals surface area contributed by atoms with Crippen molar-refractivity contribution in [2.24, 2.45) is 11.8 Å². The first-order valence-corrected chi connectivity index (χ1v) is 4.94. The molecule has 0 aromatic rings. The fraction of sp³-hybridized carbons (Fsp3) is 0.900. The van der Waals surface area contributed by atoms with Crippen LogP contribution in [0.2, 0.25) is 0 Å². The van der Waals surface area contributed by atoms with Crippen LogP contribution in [0.15, 0.2) is 0 Å². The van der Waals surface area contributed by atoms with Crippen molar-refractivity contribution < 1.29 is 14.6 Å². The highest BCUT2D eigenvalue weighted by Crippen LogP contribution is 2.03. The van der Waals surface area contributed by atoms with Gasteiger partial charge in [-0.1, -0.05) is 20.8 Å². The molecule has 14 heavy (non-hydrogen) atoms. The molecule has 0 rings (SSSR count). The quantitative estimate of drug-likeness (QED) is 0.647. The second-order valence-electron chi connectivity index (χ2n) is 3.95. The van der Waals surface area contributed by atoms with Crippen molar-refractivity contribution in [2.45, 2.75) is 26.8 Å². The molecule has 4 nitrogen and oxygen atoms in total. The first kappa shape index (κ1) is 13.4. The highest BCUT2D eigenvalue weighted by molar-refractivity contribution is 5.69. The van der Waals surface area contributed by atoms with Crippen molar-refractivity contribution in [3.63, 3.8) is 0 Å². The van der Waals surface area contributed by atoms with Crippen LogP contribution in [0.3, 0.4) is 0 Å². The number of aliphatic carboxylic acids is 1. The van der Waals surface area contributed by atoms with Crippen LogP contribution in [0.4, 0.5) is 0 Å². The molecule has 0 aliphatic carbocycles. The van der Waals surface area contributed by atoms with E-state index in [2.05, 4.69) is 19.2 Å². The molecule has 2 N–H and O–H groups in total. The lowest BCUT2D eigenvalue weighted by atomic mass is 10.0. The fourth-order valence-electron chi connectivity index (χ4n) is 1.08. The summed E-state index contributed by atoms with van der Waals surface area (Å²) in [5, 5.41) is 11.9. The van der Waals surface area contributed by atoms with Crippen molar-refractivity contribution in [1.29, 1.82) is 0 Å². The lowest BCUT2D eigenvalue weighted by Crippen LogP contribution is -2.41. The SMILES string of the molecule is COCC(NCC(C)C(=O)O)C(C)C. The van der Waals surface area contributed by atoms with E-state index < -0.39 is 5.97 Å². The van der Waals surface area contributed by atoms with Crippen LogP contribution in [-0.2, 0) is 9.53 Å². The zero-order chi connectivity index (χ0) is 11.1. The molecular formula is C10H21NO3. The summed E-state index contributed by atoms with van der Waals surface area (Å²) in [4.78, 5) is 10.6. The molecule has 0 spiro atoms. The summed E-state index contributed by atoms with van der Waals surface area (Å²) >= 11 is 0. The third-order valence-electron chi connectivity index (χ3n) is 2.26. The molecule has 0 aromatic heterocycles. The van der Waals surface area contributed by atoms with E-state index in [9.17, 15) is 4.79 Å². The Bertz CT molecular complexity index is 171. The van der Waals surface area contributed by atoms with Crippen LogP contribution in [0, 0.1) is 11.8 Å². The summed E-state index contributed by atoms with van der Waals surface area (Å²) in [6, 6.07) is 0.224. The average Bonchev–Trinajstić information content (AvgIpc) is 2.10. The number of methoxy groups -OCH3 is 1. The van der Waals surface area contributed by atoms with Gasteiger partial charge in [0.15, 0.2) is 0 Å². The highest BCUT2D eigenvalue weighted by Gasteiger charge is 2.16. The van der Waals surface area contributed by atoms with Crippen molar-refractivity contribution in [2.75, 3.05) is 20.3 Å². The van der Waals surface area contributed by atoms with Crippen molar-refractivity contribution in [3.8, 4) is 0 Å². The summed E-state index contributed by atoms with van der Waals surface area (Å²) in [6.07, 6.45) is 0. The monoisotopic (exact) mass is 203 g/mol. The molecule has 0 bridgehead atoms. The molecule has 0 aromatic carbocycles. The highest BCUT2D eigenvalue weighted by atomic mass is 16.5. The van der Waals surface area contributed by atoms with Gasteiger partial charge in [-0.05, 0) is 5.92 Å². The Morgan fingerprint density at radius 2 is 2.00 bits per heavy atom. The van der Waals surface area contributed by atoms with E-state index in [0.29, 0.717) is 19.1 Å². The summed E-state index contributed by atoms with van der Waals surface area (Å²) in [7, 11) is 1.65. The van der Waals surface area contributed by atoms with E-state index in [1.807, 2.05) is 0 Å². The molecule has 0 radical (unpaired) electrons. The van der Waals surface area contributed by atoms with Gasteiger partial charge in [-0.2, -0.15) is 0 Å². The van der Waals surface area contributed by atoms with Gasteiger partial charge in [-0.15, -0.1) is 0 Å². The normalized spacial score (nSPS) is 15.5. The van der Waals surface area contributed by atoms with Gasteiger partial charge in [0.05, 0.1) is 12.5 Å². The number of carbonyl (C=O) groups is 1. The van der Waals surface area contributed by atoms with E-state index >= 15 is 0 Å². The predicted molar refractivity (Wildman–Crippen MR) is 55.3 cm³/mol. The number of nitrogens with one attached hydrogen (secondary N) is 1. The molecular weight excluding hydrogens is 182 g/mol. The molecule has 0 fully saturated rings. The summed E-state index contributed by atoms with van der Waals surface area (Å²) < 4.78 is 5.05. The van der Waals surface area contributed by atoms with Crippen LogP contribution in [-0.4, -0.2) is 37.4 Å². The zero-order valence-corrected chi connectivity index (χ0v) is 9.41. The topological polar surface area (TPSA) is 58.6 Å². The van der Waals surface area contributed by atoms with Gasteiger partial charge in [-0.3, -0.25) is 4.79 Å². The van der Waals surface area contributed by atoms with Gasteiger partial charge in [0.25, 0.3) is 0 Å². The van der Waals surface area contributed by atoms with Crippen molar-refractivity contribution in [3.05, 3.63) is 0 Å². The number of carboxylic acid groups (broad SMARTS) is 1. The molecule has 0 amide bonds.